The summed E-state index contributed by atoms with van der Waals surface area (Å²) in [6.07, 6.45) is 2.75. The summed E-state index contributed by atoms with van der Waals surface area (Å²) in [5, 5.41) is 0.856. The van der Waals surface area contributed by atoms with Crippen LogP contribution in [0.25, 0.3) is 17.0 Å². The lowest BCUT2D eigenvalue weighted by atomic mass is 10.1. The van der Waals surface area contributed by atoms with Gasteiger partial charge in [-0.2, -0.15) is 0 Å². The second-order valence-electron chi connectivity index (χ2n) is 6.38. The molecule has 0 bridgehead atoms. The quantitative estimate of drug-likeness (QED) is 0.312. The van der Waals surface area contributed by atoms with Crippen LogP contribution in [-0.4, -0.2) is 39.7 Å². The Labute approximate surface area is 173 Å². The SMILES string of the molecule is COc1cc(/C=C/C(=O)OCC(=O)c2oc3ccccc3c2C)cc(OC)c1OC. The van der Waals surface area contributed by atoms with Gasteiger partial charge in [0.05, 0.1) is 21.3 Å². The van der Waals surface area contributed by atoms with Gasteiger partial charge in [-0.05, 0) is 36.8 Å². The van der Waals surface area contributed by atoms with Crippen molar-refractivity contribution in [1.29, 1.82) is 0 Å². The fourth-order valence-corrected chi connectivity index (χ4v) is 3.05. The second kappa shape index (κ2) is 9.17. The van der Waals surface area contributed by atoms with E-state index in [1.807, 2.05) is 18.2 Å². The first-order chi connectivity index (χ1) is 14.5. The summed E-state index contributed by atoms with van der Waals surface area (Å²) in [6, 6.07) is 10.7. The van der Waals surface area contributed by atoms with E-state index in [-0.39, 0.29) is 5.76 Å². The molecular formula is C23H22O7. The summed E-state index contributed by atoms with van der Waals surface area (Å²) in [6.45, 7) is 1.38. The minimum atomic E-state index is -0.661. The molecule has 0 amide bonds. The van der Waals surface area contributed by atoms with E-state index in [0.717, 1.165) is 10.9 Å². The predicted octanol–water partition coefficient (Wildman–Crippen LogP) is 4.21. The number of Topliss-reactive ketones (excluding diaryl/α,β-unsaturated/α-hetero) is 1. The number of methoxy groups -OCH3 is 3. The van der Waals surface area contributed by atoms with Crippen LogP contribution < -0.4 is 14.2 Å². The van der Waals surface area contributed by atoms with Crippen LogP contribution in [0.15, 0.2) is 46.9 Å². The Balaban J connectivity index is 1.67. The maximum Gasteiger partial charge on any atom is 0.331 e. The first-order valence-corrected chi connectivity index (χ1v) is 9.14. The van der Waals surface area contributed by atoms with E-state index in [9.17, 15) is 9.59 Å². The molecule has 1 heterocycles. The number of esters is 1. The smallest absolute Gasteiger partial charge is 0.331 e. The van der Waals surface area contributed by atoms with E-state index in [2.05, 4.69) is 0 Å². The fraction of sp³-hybridized carbons (Fsp3) is 0.217. The topological polar surface area (TPSA) is 84.2 Å². The Kier molecular flexibility index (Phi) is 6.41. The number of benzene rings is 2. The minimum absolute atomic E-state index is 0.192. The summed E-state index contributed by atoms with van der Waals surface area (Å²) in [7, 11) is 4.52. The number of hydrogen-bond donors (Lipinski definition) is 0. The van der Waals surface area contributed by atoms with Crippen molar-refractivity contribution in [2.45, 2.75) is 6.92 Å². The molecule has 156 valence electrons. The lowest BCUT2D eigenvalue weighted by Crippen LogP contribution is -2.12. The van der Waals surface area contributed by atoms with Gasteiger partial charge in [-0.25, -0.2) is 4.79 Å². The van der Waals surface area contributed by atoms with E-state index < -0.39 is 18.4 Å². The molecule has 7 nitrogen and oxygen atoms in total. The highest BCUT2D eigenvalue weighted by Crippen LogP contribution is 2.38. The van der Waals surface area contributed by atoms with Gasteiger partial charge in [0, 0.05) is 17.0 Å². The van der Waals surface area contributed by atoms with Gasteiger partial charge in [0.25, 0.3) is 0 Å². The molecule has 0 aliphatic heterocycles. The van der Waals surface area contributed by atoms with Crippen molar-refractivity contribution in [2.24, 2.45) is 0 Å². The number of fused-ring (bicyclic) bond motifs is 1. The zero-order valence-electron chi connectivity index (χ0n) is 17.2. The second-order valence-corrected chi connectivity index (χ2v) is 6.38. The summed E-state index contributed by atoms with van der Waals surface area (Å²) >= 11 is 0. The van der Waals surface area contributed by atoms with Crippen molar-refractivity contribution in [1.82, 2.24) is 0 Å². The maximum atomic E-state index is 12.4. The number of carbonyl (C=O) groups is 2. The third-order valence-electron chi connectivity index (χ3n) is 4.54. The van der Waals surface area contributed by atoms with Gasteiger partial charge < -0.3 is 23.4 Å². The van der Waals surface area contributed by atoms with Crippen LogP contribution in [0.4, 0.5) is 0 Å². The zero-order valence-corrected chi connectivity index (χ0v) is 17.2. The van der Waals surface area contributed by atoms with E-state index in [1.165, 1.54) is 33.5 Å². The maximum absolute atomic E-state index is 12.4. The van der Waals surface area contributed by atoms with Gasteiger partial charge in [0.15, 0.2) is 23.9 Å². The van der Waals surface area contributed by atoms with Crippen molar-refractivity contribution < 1.29 is 33.0 Å². The van der Waals surface area contributed by atoms with Crippen LogP contribution >= 0.6 is 0 Å². The third kappa shape index (κ3) is 4.30. The summed E-state index contributed by atoms with van der Waals surface area (Å²) in [5.41, 5.74) is 1.98. The Hall–Kier alpha value is -3.74. The molecule has 0 atom stereocenters. The van der Waals surface area contributed by atoms with Crippen LogP contribution in [0.2, 0.25) is 0 Å². The van der Waals surface area contributed by atoms with Gasteiger partial charge in [-0.3, -0.25) is 4.79 Å². The normalized spacial score (nSPS) is 10.9. The van der Waals surface area contributed by atoms with Gasteiger partial charge in [-0.1, -0.05) is 18.2 Å². The zero-order chi connectivity index (χ0) is 21.7. The highest BCUT2D eigenvalue weighted by molar-refractivity contribution is 6.02. The Morgan fingerprint density at radius 3 is 2.27 bits per heavy atom. The molecule has 0 N–H and O–H groups in total. The standard InChI is InChI=1S/C23H22O7/c1-14-16-7-5-6-8-18(16)30-22(14)17(24)13-29-21(25)10-9-15-11-19(26-2)23(28-4)20(12-15)27-3/h5-12H,13H2,1-4H3/b10-9+. The molecule has 3 rings (SSSR count). The van der Waals surface area contributed by atoms with Crippen molar-refractivity contribution >= 4 is 28.8 Å². The number of para-hydroxylation sites is 1. The lowest BCUT2D eigenvalue weighted by molar-refractivity contribution is -0.136. The first kappa shape index (κ1) is 21.0. The molecule has 1 aromatic heterocycles. The van der Waals surface area contributed by atoms with Crippen LogP contribution in [0.1, 0.15) is 21.7 Å². The molecule has 2 aromatic carbocycles. The van der Waals surface area contributed by atoms with Crippen LogP contribution in [0, 0.1) is 6.92 Å². The van der Waals surface area contributed by atoms with E-state index in [4.69, 9.17) is 23.4 Å². The third-order valence-corrected chi connectivity index (χ3v) is 4.54. The summed E-state index contributed by atoms with van der Waals surface area (Å²) in [4.78, 5) is 24.5. The molecule has 0 unspecified atom stereocenters. The van der Waals surface area contributed by atoms with Crippen LogP contribution in [-0.2, 0) is 9.53 Å². The monoisotopic (exact) mass is 410 g/mol. The molecule has 0 aliphatic rings. The number of hydrogen-bond acceptors (Lipinski definition) is 7. The lowest BCUT2D eigenvalue weighted by Gasteiger charge is -2.12. The molecule has 3 aromatic rings. The largest absolute Gasteiger partial charge is 0.493 e. The van der Waals surface area contributed by atoms with E-state index in [0.29, 0.717) is 28.4 Å². The fourth-order valence-electron chi connectivity index (χ4n) is 3.05. The number of ether oxygens (including phenoxy) is 4. The van der Waals surface area contributed by atoms with Crippen molar-refractivity contribution in [3.63, 3.8) is 0 Å². The molecule has 0 fully saturated rings. The van der Waals surface area contributed by atoms with E-state index in [1.54, 1.807) is 25.1 Å². The van der Waals surface area contributed by atoms with Gasteiger partial charge in [-0.15, -0.1) is 0 Å². The average Bonchev–Trinajstić information content (AvgIpc) is 3.11. The molecule has 0 saturated carbocycles. The predicted molar refractivity (Wildman–Crippen MR) is 111 cm³/mol. The van der Waals surface area contributed by atoms with E-state index >= 15 is 0 Å². The number of aryl methyl sites for hydroxylation is 1. The summed E-state index contributed by atoms with van der Waals surface area (Å²) < 4.78 is 26.5. The summed E-state index contributed by atoms with van der Waals surface area (Å²) in [5.74, 6) is 0.494. The van der Waals surface area contributed by atoms with Gasteiger partial charge >= 0.3 is 5.97 Å². The van der Waals surface area contributed by atoms with Crippen LogP contribution in [0.3, 0.4) is 0 Å². The van der Waals surface area contributed by atoms with Gasteiger partial charge in [0.2, 0.25) is 11.5 Å². The average molecular weight is 410 g/mol. The van der Waals surface area contributed by atoms with Gasteiger partial charge in [0.1, 0.15) is 5.58 Å². The highest BCUT2D eigenvalue weighted by Gasteiger charge is 2.18. The number of carbonyl (C=O) groups excluding carboxylic acids is 2. The molecular weight excluding hydrogens is 388 g/mol. The van der Waals surface area contributed by atoms with Crippen molar-refractivity contribution in [3.05, 3.63) is 59.4 Å². The first-order valence-electron chi connectivity index (χ1n) is 9.14. The highest BCUT2D eigenvalue weighted by atomic mass is 16.5. The van der Waals surface area contributed by atoms with Crippen molar-refractivity contribution in [2.75, 3.05) is 27.9 Å². The number of furan rings is 1. The molecule has 0 radical (unpaired) electrons. The number of ketones is 1. The molecule has 7 heteroatoms. The molecule has 0 spiro atoms. The molecule has 30 heavy (non-hydrogen) atoms. The molecule has 0 saturated heterocycles. The van der Waals surface area contributed by atoms with Crippen molar-refractivity contribution in [3.8, 4) is 17.2 Å². The van der Waals surface area contributed by atoms with Crippen LogP contribution in [0.5, 0.6) is 17.2 Å². The Morgan fingerprint density at radius 1 is 1.00 bits per heavy atom. The Morgan fingerprint density at radius 2 is 1.67 bits per heavy atom. The number of rotatable bonds is 8. The minimum Gasteiger partial charge on any atom is -0.493 e. The molecule has 0 aliphatic carbocycles. The Bertz CT molecular complexity index is 1080.